The first kappa shape index (κ1) is 13.2. The Bertz CT molecular complexity index is 612. The average molecular weight is 332 g/mol. The number of ketones is 1. The highest BCUT2D eigenvalue weighted by molar-refractivity contribution is 9.10. The Morgan fingerprint density at radius 1 is 1.56 bits per heavy atom. The molecule has 0 bridgehead atoms. The Morgan fingerprint density at radius 2 is 2.28 bits per heavy atom. The van der Waals surface area contributed by atoms with Gasteiger partial charge in [-0.15, -0.1) is 0 Å². The van der Waals surface area contributed by atoms with Crippen LogP contribution in [0.15, 0.2) is 28.9 Å². The predicted octanol–water partition coefficient (Wildman–Crippen LogP) is 3.69. The summed E-state index contributed by atoms with van der Waals surface area (Å²) in [6.07, 6.45) is 1.55. The monoisotopic (exact) mass is 330 g/mol. The van der Waals surface area contributed by atoms with Crippen LogP contribution < -0.4 is 0 Å². The van der Waals surface area contributed by atoms with E-state index in [0.29, 0.717) is 16.7 Å². The number of aryl methyl sites for hydroxylation is 1. The van der Waals surface area contributed by atoms with Gasteiger partial charge < -0.3 is 0 Å². The van der Waals surface area contributed by atoms with E-state index in [0.717, 1.165) is 6.07 Å². The Hall–Kier alpha value is -1.20. The summed E-state index contributed by atoms with van der Waals surface area (Å²) in [6, 6.07) is 3.70. The minimum absolute atomic E-state index is 0.0933. The highest BCUT2D eigenvalue weighted by Gasteiger charge is 2.20. The van der Waals surface area contributed by atoms with Crippen LogP contribution in [0.4, 0.5) is 4.39 Å². The van der Waals surface area contributed by atoms with Crippen molar-refractivity contribution < 1.29 is 9.18 Å². The molecular formula is C12H9BrClFN2O. The number of nitrogens with zero attached hydrogens (tertiary/aromatic N) is 2. The molecule has 0 aliphatic rings. The molecule has 0 aliphatic carbocycles. The first-order valence-electron chi connectivity index (χ1n) is 5.25. The zero-order valence-electron chi connectivity index (χ0n) is 9.45. The van der Waals surface area contributed by atoms with Gasteiger partial charge in [0.15, 0.2) is 0 Å². The number of carbonyl (C=O) groups is 1. The molecule has 6 heteroatoms. The molecule has 0 unspecified atom stereocenters. The molecule has 0 N–H and O–H groups in total. The average Bonchev–Trinajstić information content (AvgIpc) is 2.69. The van der Waals surface area contributed by atoms with E-state index in [9.17, 15) is 9.18 Å². The minimum Gasteiger partial charge on any atom is -0.287 e. The van der Waals surface area contributed by atoms with E-state index < -0.39 is 5.82 Å². The van der Waals surface area contributed by atoms with Crippen molar-refractivity contribution in [3.63, 3.8) is 0 Å². The second kappa shape index (κ2) is 5.20. The van der Waals surface area contributed by atoms with Crippen molar-refractivity contribution in [2.75, 3.05) is 0 Å². The van der Waals surface area contributed by atoms with Gasteiger partial charge in [0.05, 0.1) is 15.7 Å². The highest BCUT2D eigenvalue weighted by atomic mass is 79.9. The maximum Gasteiger partial charge on any atom is 0.213 e. The van der Waals surface area contributed by atoms with Crippen molar-refractivity contribution in [2.24, 2.45) is 0 Å². The molecule has 0 saturated heterocycles. The largest absolute Gasteiger partial charge is 0.287 e. The van der Waals surface area contributed by atoms with Crippen molar-refractivity contribution in [1.82, 2.24) is 9.78 Å². The Balaban J connectivity index is 2.51. The van der Waals surface area contributed by atoms with Gasteiger partial charge >= 0.3 is 0 Å². The summed E-state index contributed by atoms with van der Waals surface area (Å²) in [5.41, 5.74) is 0.667. The van der Waals surface area contributed by atoms with Crippen molar-refractivity contribution in [1.29, 1.82) is 0 Å². The van der Waals surface area contributed by atoms with Crippen molar-refractivity contribution in [2.45, 2.75) is 13.5 Å². The second-order valence-electron chi connectivity index (χ2n) is 3.61. The third kappa shape index (κ3) is 2.33. The number of rotatable bonds is 3. The van der Waals surface area contributed by atoms with Crippen LogP contribution >= 0.6 is 27.5 Å². The minimum atomic E-state index is -0.473. The van der Waals surface area contributed by atoms with Crippen LogP contribution in [0.3, 0.4) is 0 Å². The van der Waals surface area contributed by atoms with Crippen LogP contribution in [0.2, 0.25) is 5.02 Å². The molecule has 2 aromatic rings. The molecule has 1 aromatic heterocycles. The van der Waals surface area contributed by atoms with Gasteiger partial charge in [0, 0.05) is 12.1 Å². The van der Waals surface area contributed by atoms with Crippen molar-refractivity contribution in [3.8, 4) is 0 Å². The van der Waals surface area contributed by atoms with Crippen molar-refractivity contribution >= 4 is 33.3 Å². The quantitative estimate of drug-likeness (QED) is 0.804. The fraction of sp³-hybridized carbons (Fsp3) is 0.167. The first-order chi connectivity index (χ1) is 8.54. The van der Waals surface area contributed by atoms with Gasteiger partial charge in [-0.2, -0.15) is 5.10 Å². The van der Waals surface area contributed by atoms with Gasteiger partial charge in [-0.05, 0) is 41.1 Å². The molecule has 1 aromatic carbocycles. The smallest absolute Gasteiger partial charge is 0.213 e. The number of hydrogen-bond acceptors (Lipinski definition) is 2. The van der Waals surface area contributed by atoms with Crippen molar-refractivity contribution in [3.05, 3.63) is 51.0 Å². The molecule has 0 fully saturated rings. The number of hydrogen-bond donors (Lipinski definition) is 0. The van der Waals surface area contributed by atoms with Crippen LogP contribution in [0.25, 0.3) is 0 Å². The van der Waals surface area contributed by atoms with Gasteiger partial charge in [-0.25, -0.2) is 4.39 Å². The summed E-state index contributed by atoms with van der Waals surface area (Å²) in [5.74, 6) is -0.758. The summed E-state index contributed by atoms with van der Waals surface area (Å²) in [6.45, 7) is 2.44. The summed E-state index contributed by atoms with van der Waals surface area (Å²) < 4.78 is 15.1. The van der Waals surface area contributed by atoms with Crippen LogP contribution in [0.5, 0.6) is 0 Å². The summed E-state index contributed by atoms with van der Waals surface area (Å²) in [4.78, 5) is 12.3. The molecule has 2 rings (SSSR count). The van der Waals surface area contributed by atoms with Gasteiger partial charge in [-0.3, -0.25) is 9.48 Å². The number of carbonyl (C=O) groups excluding carboxylic acids is 1. The Labute approximate surface area is 117 Å². The molecule has 0 saturated carbocycles. The standard InChI is InChI=1S/C12H9BrClFN2O/c1-2-17-11(9(13)6-16-17)12(18)8-4-3-7(15)5-10(8)14/h3-6H,2H2,1H3. The molecule has 0 aliphatic heterocycles. The van der Waals surface area contributed by atoms with Crippen LogP contribution in [0, 0.1) is 5.82 Å². The molecule has 0 amide bonds. The van der Waals surface area contributed by atoms with Crippen LogP contribution in [0.1, 0.15) is 23.0 Å². The van der Waals surface area contributed by atoms with E-state index in [1.54, 1.807) is 10.9 Å². The lowest BCUT2D eigenvalue weighted by molar-refractivity contribution is 0.102. The normalized spacial score (nSPS) is 10.7. The lowest BCUT2D eigenvalue weighted by atomic mass is 10.1. The lowest BCUT2D eigenvalue weighted by Gasteiger charge is -2.06. The predicted molar refractivity (Wildman–Crippen MR) is 70.4 cm³/mol. The molecule has 0 spiro atoms. The fourth-order valence-corrected chi connectivity index (χ4v) is 2.36. The molecule has 0 radical (unpaired) electrons. The van der Waals surface area contributed by atoms with Gasteiger partial charge in [0.25, 0.3) is 0 Å². The Kier molecular flexibility index (Phi) is 3.82. The molecule has 1 heterocycles. The molecule has 18 heavy (non-hydrogen) atoms. The van der Waals surface area contributed by atoms with Crippen LogP contribution in [-0.2, 0) is 6.54 Å². The molecular weight excluding hydrogens is 322 g/mol. The summed E-state index contributed by atoms with van der Waals surface area (Å²) in [7, 11) is 0. The van der Waals surface area contributed by atoms with E-state index >= 15 is 0 Å². The topological polar surface area (TPSA) is 34.9 Å². The van der Waals surface area contributed by atoms with E-state index in [1.165, 1.54) is 12.1 Å². The zero-order valence-corrected chi connectivity index (χ0v) is 11.8. The van der Waals surface area contributed by atoms with E-state index in [-0.39, 0.29) is 16.4 Å². The zero-order chi connectivity index (χ0) is 13.3. The van der Waals surface area contributed by atoms with E-state index in [4.69, 9.17) is 11.6 Å². The number of aromatic nitrogens is 2. The maximum absolute atomic E-state index is 13.0. The maximum atomic E-state index is 13.0. The number of halogens is 3. The lowest BCUT2D eigenvalue weighted by Crippen LogP contribution is -2.11. The SMILES string of the molecule is CCn1ncc(Br)c1C(=O)c1ccc(F)cc1Cl. The van der Waals surface area contributed by atoms with Gasteiger partial charge in [-0.1, -0.05) is 11.6 Å². The Morgan fingerprint density at radius 3 is 2.89 bits per heavy atom. The second-order valence-corrected chi connectivity index (χ2v) is 4.87. The van der Waals surface area contributed by atoms with Crippen LogP contribution in [-0.4, -0.2) is 15.6 Å². The van der Waals surface area contributed by atoms with Gasteiger partial charge in [0.1, 0.15) is 11.5 Å². The first-order valence-corrected chi connectivity index (χ1v) is 6.42. The highest BCUT2D eigenvalue weighted by Crippen LogP contribution is 2.24. The number of benzene rings is 1. The summed E-state index contributed by atoms with van der Waals surface area (Å²) in [5, 5.41) is 4.15. The molecule has 3 nitrogen and oxygen atoms in total. The third-order valence-corrected chi connectivity index (χ3v) is 3.38. The summed E-state index contributed by atoms with van der Waals surface area (Å²) >= 11 is 9.16. The fourth-order valence-electron chi connectivity index (χ4n) is 1.63. The molecule has 94 valence electrons. The molecule has 0 atom stereocenters. The third-order valence-electron chi connectivity index (χ3n) is 2.49. The van der Waals surface area contributed by atoms with Gasteiger partial charge in [0.2, 0.25) is 5.78 Å². The van der Waals surface area contributed by atoms with E-state index in [2.05, 4.69) is 21.0 Å². The van der Waals surface area contributed by atoms with E-state index in [1.807, 2.05) is 6.92 Å².